The molecule has 0 spiro atoms. The molecule has 0 aromatic carbocycles. The molecule has 0 fully saturated rings. The predicted octanol–water partition coefficient (Wildman–Crippen LogP) is 5.71. The zero-order valence-corrected chi connectivity index (χ0v) is 14.8. The van der Waals surface area contributed by atoms with Crippen LogP contribution in [-0.2, 0) is 0 Å². The summed E-state index contributed by atoms with van der Waals surface area (Å²) >= 11 is 5.60. The van der Waals surface area contributed by atoms with E-state index in [1.54, 1.807) is 11.3 Å². The molecule has 1 aromatic rings. The highest BCUT2D eigenvalue weighted by atomic mass is 32.2. The molecular formula is C14H25NS3. The van der Waals surface area contributed by atoms with Crippen LogP contribution in [0.2, 0.25) is 0 Å². The first kappa shape index (κ1) is 18.1. The van der Waals surface area contributed by atoms with Crippen molar-refractivity contribution >= 4 is 40.9 Å². The fourth-order valence-electron chi connectivity index (χ4n) is 1.45. The number of thioether (sulfide) groups is 2. The molecule has 1 aromatic heterocycles. The summed E-state index contributed by atoms with van der Waals surface area (Å²) in [5.74, 6) is 0. The van der Waals surface area contributed by atoms with Crippen molar-refractivity contribution in [1.29, 1.82) is 0 Å². The van der Waals surface area contributed by atoms with Crippen LogP contribution < -0.4 is 0 Å². The summed E-state index contributed by atoms with van der Waals surface area (Å²) in [5, 5.41) is 3.27. The Bertz CT molecular complexity index is 341. The Morgan fingerprint density at radius 2 is 2.00 bits per heavy atom. The van der Waals surface area contributed by atoms with E-state index in [-0.39, 0.29) is 0 Å². The van der Waals surface area contributed by atoms with Gasteiger partial charge in [-0.15, -0.1) is 11.3 Å². The van der Waals surface area contributed by atoms with E-state index in [2.05, 4.69) is 42.8 Å². The average Bonchev–Trinajstić information content (AvgIpc) is 2.78. The molecule has 0 saturated carbocycles. The highest BCUT2D eigenvalue weighted by Gasteiger charge is 2.04. The summed E-state index contributed by atoms with van der Waals surface area (Å²) in [6, 6.07) is 0. The van der Waals surface area contributed by atoms with Crippen molar-refractivity contribution in [3.63, 3.8) is 0 Å². The number of nitrogens with zero attached hydrogens (tertiary/aromatic N) is 1. The lowest BCUT2D eigenvalue weighted by Gasteiger charge is -2.10. The molecule has 4 heteroatoms. The number of aryl methyl sites for hydroxylation is 1. The Kier molecular flexibility index (Phi) is 11.0. The Labute approximate surface area is 125 Å². The highest BCUT2D eigenvalue weighted by Crippen LogP contribution is 2.25. The maximum atomic E-state index is 4.45. The van der Waals surface area contributed by atoms with Gasteiger partial charge in [0.15, 0.2) is 0 Å². The molecule has 0 aliphatic carbocycles. The van der Waals surface area contributed by atoms with E-state index in [1.165, 1.54) is 18.4 Å². The van der Waals surface area contributed by atoms with E-state index < -0.39 is 0 Å². The van der Waals surface area contributed by atoms with Crippen LogP contribution in [0.1, 0.15) is 44.3 Å². The average molecular weight is 304 g/mol. The van der Waals surface area contributed by atoms with E-state index in [0.717, 1.165) is 15.3 Å². The minimum atomic E-state index is 0.723. The molecule has 0 aliphatic rings. The Balaban J connectivity index is 0.00000137. The molecule has 0 bridgehead atoms. The third kappa shape index (κ3) is 7.49. The van der Waals surface area contributed by atoms with Crippen molar-refractivity contribution in [3.8, 4) is 0 Å². The van der Waals surface area contributed by atoms with Crippen molar-refractivity contribution in [2.45, 2.75) is 45.1 Å². The van der Waals surface area contributed by atoms with Gasteiger partial charge in [0.05, 0.1) is 10.7 Å². The molecule has 18 heavy (non-hydrogen) atoms. The van der Waals surface area contributed by atoms with Gasteiger partial charge in [0.2, 0.25) is 0 Å². The van der Waals surface area contributed by atoms with Crippen molar-refractivity contribution in [1.82, 2.24) is 4.98 Å². The van der Waals surface area contributed by atoms with Gasteiger partial charge in [-0.25, -0.2) is 4.98 Å². The molecule has 0 aliphatic heterocycles. The van der Waals surface area contributed by atoms with Crippen LogP contribution in [0.4, 0.5) is 0 Å². The van der Waals surface area contributed by atoms with Gasteiger partial charge in [-0.2, -0.15) is 23.5 Å². The molecule has 1 rings (SSSR count). The van der Waals surface area contributed by atoms with E-state index in [0.29, 0.717) is 0 Å². The quantitative estimate of drug-likeness (QED) is 0.624. The zero-order valence-electron chi connectivity index (χ0n) is 12.3. The van der Waals surface area contributed by atoms with Gasteiger partial charge in [-0.1, -0.05) is 19.4 Å². The smallest absolute Gasteiger partial charge is 0.0901 e. The number of hydrogen-bond acceptors (Lipinski definition) is 4. The van der Waals surface area contributed by atoms with Gasteiger partial charge in [0.1, 0.15) is 0 Å². The predicted molar refractivity (Wildman–Crippen MR) is 91.9 cm³/mol. The topological polar surface area (TPSA) is 12.9 Å². The van der Waals surface area contributed by atoms with Crippen molar-refractivity contribution in [2.75, 3.05) is 12.5 Å². The minimum Gasteiger partial charge on any atom is -0.242 e. The molecule has 0 saturated heterocycles. The monoisotopic (exact) mass is 303 g/mol. The molecule has 0 atom stereocenters. The van der Waals surface area contributed by atoms with Crippen LogP contribution in [0, 0.1) is 6.92 Å². The second-order valence-corrected chi connectivity index (χ2v) is 7.16. The van der Waals surface area contributed by atoms with E-state index in [4.69, 9.17) is 0 Å². The maximum Gasteiger partial charge on any atom is 0.0901 e. The SMILES string of the molecule is CC.CSC(CC/C(C)=C/c1csc(C)n1)SC. The number of rotatable bonds is 6. The van der Waals surface area contributed by atoms with Crippen LogP contribution in [0.25, 0.3) is 6.08 Å². The number of hydrogen-bond donors (Lipinski definition) is 0. The van der Waals surface area contributed by atoms with Crippen molar-refractivity contribution < 1.29 is 0 Å². The fourth-order valence-corrected chi connectivity index (χ4v) is 3.50. The molecule has 1 heterocycles. The molecule has 0 amide bonds. The first-order valence-electron chi connectivity index (χ1n) is 6.30. The summed E-state index contributed by atoms with van der Waals surface area (Å²) in [4.78, 5) is 4.45. The van der Waals surface area contributed by atoms with Crippen LogP contribution in [0.5, 0.6) is 0 Å². The van der Waals surface area contributed by atoms with E-state index >= 15 is 0 Å². The second kappa shape index (κ2) is 10.9. The number of aromatic nitrogens is 1. The molecule has 0 radical (unpaired) electrons. The summed E-state index contributed by atoms with van der Waals surface area (Å²) < 4.78 is 0.723. The lowest BCUT2D eigenvalue weighted by atomic mass is 10.1. The molecular weight excluding hydrogens is 278 g/mol. The summed E-state index contributed by atoms with van der Waals surface area (Å²) in [7, 11) is 0. The molecule has 1 nitrogen and oxygen atoms in total. The number of thiazole rings is 1. The van der Waals surface area contributed by atoms with Crippen LogP contribution in [0.15, 0.2) is 11.0 Å². The van der Waals surface area contributed by atoms with Gasteiger partial charge in [-0.05, 0) is 45.3 Å². The van der Waals surface area contributed by atoms with Crippen LogP contribution in [0.3, 0.4) is 0 Å². The van der Waals surface area contributed by atoms with Crippen molar-refractivity contribution in [2.24, 2.45) is 0 Å². The van der Waals surface area contributed by atoms with Gasteiger partial charge in [-0.3, -0.25) is 0 Å². The minimum absolute atomic E-state index is 0.723. The summed E-state index contributed by atoms with van der Waals surface area (Å²) in [6.07, 6.45) is 8.99. The van der Waals surface area contributed by atoms with Gasteiger partial charge in [0.25, 0.3) is 0 Å². The molecule has 104 valence electrons. The van der Waals surface area contributed by atoms with Gasteiger partial charge in [0, 0.05) is 9.96 Å². The highest BCUT2D eigenvalue weighted by molar-refractivity contribution is 8.16. The Morgan fingerprint density at radius 3 is 2.44 bits per heavy atom. The normalized spacial score (nSPS) is 11.4. The lowest BCUT2D eigenvalue weighted by Crippen LogP contribution is -1.95. The first-order valence-corrected chi connectivity index (χ1v) is 9.76. The third-order valence-corrected chi connectivity index (χ3v) is 5.80. The second-order valence-electron chi connectivity index (χ2n) is 3.72. The summed E-state index contributed by atoms with van der Waals surface area (Å²) in [6.45, 7) is 8.25. The van der Waals surface area contributed by atoms with Crippen LogP contribution >= 0.6 is 34.9 Å². The zero-order chi connectivity index (χ0) is 14.0. The Morgan fingerprint density at radius 1 is 1.39 bits per heavy atom. The molecule has 0 unspecified atom stereocenters. The standard InChI is InChI=1S/C12H19NS3.C2H6/c1-9(5-6-12(14-3)15-4)7-11-8-16-10(2)13-11;1-2/h7-8,12H,5-6H2,1-4H3;1-2H3/b9-7+;. The maximum absolute atomic E-state index is 4.45. The van der Waals surface area contributed by atoms with Crippen LogP contribution in [-0.4, -0.2) is 22.1 Å². The Hall–Kier alpha value is 0.0700. The first-order chi connectivity index (χ1) is 8.65. The van der Waals surface area contributed by atoms with Gasteiger partial charge >= 0.3 is 0 Å². The largest absolute Gasteiger partial charge is 0.242 e. The third-order valence-electron chi connectivity index (χ3n) is 2.33. The fraction of sp³-hybridized carbons (Fsp3) is 0.643. The number of allylic oxidation sites excluding steroid dienone is 1. The van der Waals surface area contributed by atoms with E-state index in [9.17, 15) is 0 Å². The van der Waals surface area contributed by atoms with Gasteiger partial charge < -0.3 is 0 Å². The van der Waals surface area contributed by atoms with E-state index in [1.807, 2.05) is 37.4 Å². The molecule has 0 N–H and O–H groups in total. The van der Waals surface area contributed by atoms with Crippen molar-refractivity contribution in [3.05, 3.63) is 21.7 Å². The lowest BCUT2D eigenvalue weighted by molar-refractivity contribution is 0.896. The summed E-state index contributed by atoms with van der Waals surface area (Å²) in [5.41, 5.74) is 2.54.